The number of ether oxygens (including phenoxy) is 1. The molecule has 16 heavy (non-hydrogen) atoms. The van der Waals surface area contributed by atoms with Crippen LogP contribution in [-0.4, -0.2) is 67.7 Å². The van der Waals surface area contributed by atoms with Crippen molar-refractivity contribution in [3.05, 3.63) is 0 Å². The highest BCUT2D eigenvalue weighted by Crippen LogP contribution is 2.05. The third kappa shape index (κ3) is 2.63. The van der Waals surface area contributed by atoms with Gasteiger partial charge in [0.2, 0.25) is 5.91 Å². The number of hydrogen-bond donors (Lipinski definition) is 1. The lowest BCUT2D eigenvalue weighted by atomic mass is 10.4. The average Bonchev–Trinajstić information content (AvgIpc) is 2.54. The van der Waals surface area contributed by atoms with Gasteiger partial charge in [-0.25, -0.2) is 4.79 Å². The molecule has 2 saturated heterocycles. The van der Waals surface area contributed by atoms with Crippen molar-refractivity contribution in [2.45, 2.75) is 6.42 Å². The van der Waals surface area contributed by atoms with Crippen LogP contribution in [0.4, 0.5) is 4.79 Å². The molecule has 1 N–H and O–H groups in total. The number of amides is 3. The molecule has 0 aliphatic carbocycles. The number of nitrogens with zero attached hydrogens (tertiary/aromatic N) is 2. The quantitative estimate of drug-likeness (QED) is 0.593. The molecular weight excluding hydrogens is 210 g/mol. The first-order valence-corrected chi connectivity index (χ1v) is 5.65. The third-order valence-electron chi connectivity index (χ3n) is 2.81. The number of urea groups is 1. The van der Waals surface area contributed by atoms with Crippen molar-refractivity contribution in [3.8, 4) is 0 Å². The molecule has 6 nitrogen and oxygen atoms in total. The van der Waals surface area contributed by atoms with Gasteiger partial charge in [0, 0.05) is 26.2 Å². The molecule has 2 fully saturated rings. The zero-order valence-electron chi connectivity index (χ0n) is 9.28. The van der Waals surface area contributed by atoms with Gasteiger partial charge < -0.3 is 19.9 Å². The van der Waals surface area contributed by atoms with Gasteiger partial charge in [-0.2, -0.15) is 0 Å². The maximum atomic E-state index is 12.1. The molecule has 0 atom stereocenters. The van der Waals surface area contributed by atoms with Crippen molar-refractivity contribution in [1.29, 1.82) is 0 Å². The van der Waals surface area contributed by atoms with Crippen molar-refractivity contribution >= 4 is 11.9 Å². The first-order chi connectivity index (χ1) is 7.77. The smallest absolute Gasteiger partial charge is 0.320 e. The van der Waals surface area contributed by atoms with Crippen LogP contribution < -0.4 is 5.32 Å². The van der Waals surface area contributed by atoms with Crippen LogP contribution in [0.2, 0.25) is 0 Å². The summed E-state index contributed by atoms with van der Waals surface area (Å²) in [6.45, 7) is 3.91. The predicted molar refractivity (Wildman–Crippen MR) is 57.0 cm³/mol. The van der Waals surface area contributed by atoms with Crippen molar-refractivity contribution in [3.63, 3.8) is 0 Å². The SMILES string of the molecule is O=C1CN(C(=O)N2CCOCC2)CCCN1. The maximum absolute atomic E-state index is 12.1. The highest BCUT2D eigenvalue weighted by molar-refractivity contribution is 5.84. The summed E-state index contributed by atoms with van der Waals surface area (Å²) in [4.78, 5) is 26.8. The summed E-state index contributed by atoms with van der Waals surface area (Å²) < 4.78 is 5.19. The van der Waals surface area contributed by atoms with E-state index in [-0.39, 0.29) is 18.5 Å². The highest BCUT2D eigenvalue weighted by atomic mass is 16.5. The van der Waals surface area contributed by atoms with E-state index in [4.69, 9.17) is 4.74 Å². The number of nitrogens with one attached hydrogen (secondary N) is 1. The average molecular weight is 227 g/mol. The molecule has 0 aromatic heterocycles. The molecule has 3 amide bonds. The van der Waals surface area contributed by atoms with Gasteiger partial charge in [-0.15, -0.1) is 0 Å². The van der Waals surface area contributed by atoms with E-state index in [1.54, 1.807) is 9.80 Å². The number of rotatable bonds is 0. The minimum absolute atomic E-state index is 0.0413. The van der Waals surface area contributed by atoms with Gasteiger partial charge >= 0.3 is 6.03 Å². The molecule has 2 aliphatic rings. The fraction of sp³-hybridized carbons (Fsp3) is 0.800. The monoisotopic (exact) mass is 227 g/mol. The highest BCUT2D eigenvalue weighted by Gasteiger charge is 2.25. The Morgan fingerprint density at radius 2 is 1.94 bits per heavy atom. The first-order valence-electron chi connectivity index (χ1n) is 5.65. The van der Waals surface area contributed by atoms with Crippen molar-refractivity contribution in [2.24, 2.45) is 0 Å². The van der Waals surface area contributed by atoms with Gasteiger partial charge in [-0.3, -0.25) is 4.79 Å². The zero-order chi connectivity index (χ0) is 11.4. The minimum atomic E-state index is -0.0703. The van der Waals surface area contributed by atoms with Gasteiger partial charge in [0.05, 0.1) is 13.2 Å². The Morgan fingerprint density at radius 3 is 2.69 bits per heavy atom. The van der Waals surface area contributed by atoms with E-state index in [1.807, 2.05) is 0 Å². The van der Waals surface area contributed by atoms with Crippen LogP contribution in [0.5, 0.6) is 0 Å². The summed E-state index contributed by atoms with van der Waals surface area (Å²) in [6.07, 6.45) is 0.821. The van der Waals surface area contributed by atoms with E-state index in [2.05, 4.69) is 5.32 Å². The molecular formula is C10H17N3O3. The summed E-state index contributed by atoms with van der Waals surface area (Å²) in [7, 11) is 0. The molecule has 0 bridgehead atoms. The van der Waals surface area contributed by atoms with Crippen LogP contribution in [-0.2, 0) is 9.53 Å². The topological polar surface area (TPSA) is 61.9 Å². The molecule has 6 heteroatoms. The van der Waals surface area contributed by atoms with Crippen molar-refractivity contribution < 1.29 is 14.3 Å². The molecule has 0 aromatic rings. The standard InChI is InChI=1S/C10H17N3O3/c14-9-8-13(3-1-2-11-9)10(15)12-4-6-16-7-5-12/h1-8H2,(H,11,14). The normalized spacial score (nSPS) is 22.6. The molecule has 2 heterocycles. The van der Waals surface area contributed by atoms with Crippen molar-refractivity contribution in [2.75, 3.05) is 45.9 Å². The van der Waals surface area contributed by atoms with E-state index in [9.17, 15) is 9.59 Å². The lowest BCUT2D eigenvalue weighted by molar-refractivity contribution is -0.121. The molecule has 2 aliphatic heterocycles. The lowest BCUT2D eigenvalue weighted by Crippen LogP contribution is -2.49. The second kappa shape index (κ2) is 5.16. The number of carbonyl (C=O) groups is 2. The molecule has 0 radical (unpaired) electrons. The molecule has 0 spiro atoms. The van der Waals surface area contributed by atoms with Gasteiger partial charge in [-0.05, 0) is 6.42 Å². The maximum Gasteiger partial charge on any atom is 0.320 e. The molecule has 90 valence electrons. The number of hydrogen-bond acceptors (Lipinski definition) is 3. The summed E-state index contributed by atoms with van der Waals surface area (Å²) in [5.74, 6) is -0.0703. The van der Waals surface area contributed by atoms with E-state index >= 15 is 0 Å². The van der Waals surface area contributed by atoms with Crippen molar-refractivity contribution in [1.82, 2.24) is 15.1 Å². The number of carbonyl (C=O) groups excluding carboxylic acids is 2. The summed E-state index contributed by atoms with van der Waals surface area (Å²) in [5.41, 5.74) is 0. The van der Waals surface area contributed by atoms with Gasteiger partial charge in [0.1, 0.15) is 6.54 Å². The van der Waals surface area contributed by atoms with Gasteiger partial charge in [-0.1, -0.05) is 0 Å². The van der Waals surface area contributed by atoms with E-state index < -0.39 is 0 Å². The molecule has 2 rings (SSSR count). The van der Waals surface area contributed by atoms with Gasteiger partial charge in [0.15, 0.2) is 0 Å². The van der Waals surface area contributed by atoms with Crippen LogP contribution in [0.25, 0.3) is 0 Å². The largest absolute Gasteiger partial charge is 0.378 e. The van der Waals surface area contributed by atoms with Crippen LogP contribution >= 0.6 is 0 Å². The minimum Gasteiger partial charge on any atom is -0.378 e. The predicted octanol–water partition coefficient (Wildman–Crippen LogP) is -0.739. The van der Waals surface area contributed by atoms with Crippen LogP contribution in [0.15, 0.2) is 0 Å². The Labute approximate surface area is 94.5 Å². The summed E-state index contributed by atoms with van der Waals surface area (Å²) >= 11 is 0. The molecule has 0 unspecified atom stereocenters. The van der Waals surface area contributed by atoms with Crippen LogP contribution in [0.1, 0.15) is 6.42 Å². The van der Waals surface area contributed by atoms with Crippen LogP contribution in [0, 0.1) is 0 Å². The molecule has 0 aromatic carbocycles. The Hall–Kier alpha value is -1.30. The number of morpholine rings is 1. The fourth-order valence-corrected chi connectivity index (χ4v) is 1.92. The summed E-state index contributed by atoms with van der Waals surface area (Å²) in [5, 5.41) is 2.76. The van der Waals surface area contributed by atoms with E-state index in [0.29, 0.717) is 39.4 Å². The van der Waals surface area contributed by atoms with Gasteiger partial charge in [0.25, 0.3) is 0 Å². The molecule has 0 saturated carbocycles. The fourth-order valence-electron chi connectivity index (χ4n) is 1.92. The van der Waals surface area contributed by atoms with E-state index in [1.165, 1.54) is 0 Å². The second-order valence-electron chi connectivity index (χ2n) is 4.01. The Bertz CT molecular complexity index is 276. The Morgan fingerprint density at radius 1 is 1.19 bits per heavy atom. The third-order valence-corrected chi connectivity index (χ3v) is 2.81. The second-order valence-corrected chi connectivity index (χ2v) is 4.01. The lowest BCUT2D eigenvalue weighted by Gasteiger charge is -2.31. The Balaban J connectivity index is 1.93. The van der Waals surface area contributed by atoms with Crippen LogP contribution in [0.3, 0.4) is 0 Å². The Kier molecular flexibility index (Phi) is 3.61. The van der Waals surface area contributed by atoms with E-state index in [0.717, 1.165) is 6.42 Å². The summed E-state index contributed by atoms with van der Waals surface area (Å²) in [6, 6.07) is -0.0413. The first kappa shape index (κ1) is 11.2. The zero-order valence-corrected chi connectivity index (χ0v) is 9.28.